The molecule has 4 aromatic rings. The number of nitrogens with zero attached hydrogens (tertiary/aromatic N) is 4. The maximum absolute atomic E-state index is 4.78. The standard InChI is InChI=1S/C22H23N5/c1-15-5-3-11-26-14-20(25-22(15)26)17-7-9-18(10-8-17)24-16(2)19-13-23-27-12-4-6-21(19)27/h3,5,7-11,13-14,16,24H,4,6,12H2,1-2H3. The van der Waals surface area contributed by atoms with E-state index in [0.717, 1.165) is 35.6 Å². The van der Waals surface area contributed by atoms with Gasteiger partial charge in [0.1, 0.15) is 5.65 Å². The number of aryl methyl sites for hydroxylation is 2. The molecule has 1 atom stereocenters. The van der Waals surface area contributed by atoms with Crippen molar-refractivity contribution in [2.75, 3.05) is 5.32 Å². The molecule has 5 nitrogen and oxygen atoms in total. The Morgan fingerprint density at radius 1 is 1.15 bits per heavy atom. The first-order valence-corrected chi connectivity index (χ1v) is 9.55. The smallest absolute Gasteiger partial charge is 0.140 e. The van der Waals surface area contributed by atoms with Gasteiger partial charge >= 0.3 is 0 Å². The van der Waals surface area contributed by atoms with Crippen LogP contribution in [0.15, 0.2) is 55.0 Å². The fourth-order valence-corrected chi connectivity index (χ4v) is 4.01. The molecular weight excluding hydrogens is 334 g/mol. The van der Waals surface area contributed by atoms with Crippen LogP contribution >= 0.6 is 0 Å². The van der Waals surface area contributed by atoms with Crippen molar-refractivity contribution in [1.29, 1.82) is 0 Å². The molecule has 1 unspecified atom stereocenters. The van der Waals surface area contributed by atoms with Crippen LogP contribution in [0.5, 0.6) is 0 Å². The number of hydrogen-bond acceptors (Lipinski definition) is 3. The number of fused-ring (bicyclic) bond motifs is 2. The summed E-state index contributed by atoms with van der Waals surface area (Å²) in [4.78, 5) is 4.78. The summed E-state index contributed by atoms with van der Waals surface area (Å²) in [6.45, 7) is 5.35. The summed E-state index contributed by atoms with van der Waals surface area (Å²) >= 11 is 0. The molecule has 0 amide bonds. The van der Waals surface area contributed by atoms with Crippen molar-refractivity contribution in [2.45, 2.75) is 39.3 Å². The molecule has 0 aliphatic carbocycles. The predicted octanol–water partition coefficient (Wildman–Crippen LogP) is 4.63. The molecule has 1 aliphatic rings. The molecule has 0 radical (unpaired) electrons. The van der Waals surface area contributed by atoms with E-state index in [-0.39, 0.29) is 6.04 Å². The predicted molar refractivity (Wildman–Crippen MR) is 108 cm³/mol. The van der Waals surface area contributed by atoms with Crippen molar-refractivity contribution in [2.24, 2.45) is 0 Å². The molecule has 1 aromatic carbocycles. The van der Waals surface area contributed by atoms with Gasteiger partial charge in [0, 0.05) is 41.4 Å². The van der Waals surface area contributed by atoms with E-state index in [9.17, 15) is 0 Å². The minimum Gasteiger partial charge on any atom is -0.378 e. The molecular formula is C22H23N5. The highest BCUT2D eigenvalue weighted by Gasteiger charge is 2.20. The molecule has 1 aliphatic heterocycles. The van der Waals surface area contributed by atoms with E-state index >= 15 is 0 Å². The lowest BCUT2D eigenvalue weighted by molar-refractivity contribution is 0.656. The van der Waals surface area contributed by atoms with Crippen LogP contribution in [0.3, 0.4) is 0 Å². The number of anilines is 1. The third kappa shape index (κ3) is 2.79. The van der Waals surface area contributed by atoms with E-state index in [4.69, 9.17) is 4.98 Å². The number of pyridine rings is 1. The summed E-state index contributed by atoms with van der Waals surface area (Å²) < 4.78 is 4.22. The van der Waals surface area contributed by atoms with Gasteiger partial charge in [0.25, 0.3) is 0 Å². The Hall–Kier alpha value is -3.08. The largest absolute Gasteiger partial charge is 0.378 e. The lowest BCUT2D eigenvalue weighted by atomic mass is 10.1. The minimum absolute atomic E-state index is 0.246. The first kappa shape index (κ1) is 16.1. The maximum atomic E-state index is 4.78. The number of aromatic nitrogens is 4. The molecule has 136 valence electrons. The second-order valence-corrected chi connectivity index (χ2v) is 7.36. The van der Waals surface area contributed by atoms with Crippen molar-refractivity contribution in [3.63, 3.8) is 0 Å². The Labute approximate surface area is 158 Å². The van der Waals surface area contributed by atoms with E-state index in [1.165, 1.54) is 23.2 Å². The fourth-order valence-electron chi connectivity index (χ4n) is 4.01. The second-order valence-electron chi connectivity index (χ2n) is 7.36. The molecule has 5 rings (SSSR count). The van der Waals surface area contributed by atoms with Crippen molar-refractivity contribution < 1.29 is 0 Å². The topological polar surface area (TPSA) is 47.1 Å². The van der Waals surface area contributed by atoms with Gasteiger partial charge in [-0.15, -0.1) is 0 Å². The molecule has 0 saturated heterocycles. The van der Waals surface area contributed by atoms with Crippen molar-refractivity contribution in [3.8, 4) is 11.3 Å². The SMILES string of the molecule is Cc1cccn2cc(-c3ccc(NC(C)c4cnn5c4CCC5)cc3)nc12. The Kier molecular flexibility index (Phi) is 3.74. The molecule has 0 bridgehead atoms. The van der Waals surface area contributed by atoms with E-state index in [2.05, 4.69) is 75.9 Å². The van der Waals surface area contributed by atoms with Gasteiger partial charge in [-0.25, -0.2) is 4.98 Å². The summed E-state index contributed by atoms with van der Waals surface area (Å²) in [6.07, 6.45) is 8.48. The first-order valence-electron chi connectivity index (χ1n) is 9.55. The Balaban J connectivity index is 1.37. The number of rotatable bonds is 4. The fraction of sp³-hybridized carbons (Fsp3) is 0.273. The Morgan fingerprint density at radius 2 is 2.00 bits per heavy atom. The summed E-state index contributed by atoms with van der Waals surface area (Å²) in [6, 6.07) is 12.9. The van der Waals surface area contributed by atoms with Gasteiger partial charge in [-0.3, -0.25) is 4.68 Å². The van der Waals surface area contributed by atoms with E-state index in [1.54, 1.807) is 0 Å². The van der Waals surface area contributed by atoms with Gasteiger partial charge in [0.05, 0.1) is 17.9 Å². The highest BCUT2D eigenvalue weighted by atomic mass is 15.3. The number of imidazole rings is 1. The van der Waals surface area contributed by atoms with Crippen LogP contribution in [0.2, 0.25) is 0 Å². The van der Waals surface area contributed by atoms with Crippen LogP contribution in [0.4, 0.5) is 5.69 Å². The third-order valence-electron chi connectivity index (χ3n) is 5.47. The first-order chi connectivity index (χ1) is 13.2. The highest BCUT2D eigenvalue weighted by Crippen LogP contribution is 2.28. The van der Waals surface area contributed by atoms with Crippen LogP contribution in [0.1, 0.15) is 36.2 Å². The van der Waals surface area contributed by atoms with Crippen molar-refractivity contribution >= 4 is 11.3 Å². The lowest BCUT2D eigenvalue weighted by Gasteiger charge is -2.15. The van der Waals surface area contributed by atoms with E-state index in [0.29, 0.717) is 0 Å². The van der Waals surface area contributed by atoms with Crippen LogP contribution in [-0.2, 0) is 13.0 Å². The van der Waals surface area contributed by atoms with Gasteiger partial charge in [0.2, 0.25) is 0 Å². The molecule has 0 fully saturated rings. The van der Waals surface area contributed by atoms with Crippen LogP contribution in [-0.4, -0.2) is 19.2 Å². The summed E-state index contributed by atoms with van der Waals surface area (Å²) in [7, 11) is 0. The van der Waals surface area contributed by atoms with E-state index < -0.39 is 0 Å². The number of benzene rings is 1. The Morgan fingerprint density at radius 3 is 2.81 bits per heavy atom. The molecule has 1 N–H and O–H groups in total. The zero-order chi connectivity index (χ0) is 18.4. The van der Waals surface area contributed by atoms with Gasteiger partial charge < -0.3 is 9.72 Å². The highest BCUT2D eigenvalue weighted by molar-refractivity contribution is 5.66. The van der Waals surface area contributed by atoms with E-state index in [1.807, 2.05) is 12.4 Å². The summed E-state index contributed by atoms with van der Waals surface area (Å²) in [5.74, 6) is 0. The quantitative estimate of drug-likeness (QED) is 0.579. The number of nitrogens with one attached hydrogen (secondary N) is 1. The molecule has 0 saturated carbocycles. The van der Waals surface area contributed by atoms with Crippen LogP contribution < -0.4 is 5.32 Å². The third-order valence-corrected chi connectivity index (χ3v) is 5.47. The summed E-state index contributed by atoms with van der Waals surface area (Å²) in [5, 5.41) is 8.12. The summed E-state index contributed by atoms with van der Waals surface area (Å²) in [5.41, 5.74) is 8.13. The monoisotopic (exact) mass is 357 g/mol. The van der Waals surface area contributed by atoms with Crippen LogP contribution in [0, 0.1) is 6.92 Å². The minimum atomic E-state index is 0.246. The van der Waals surface area contributed by atoms with Crippen molar-refractivity contribution in [1.82, 2.24) is 19.2 Å². The van der Waals surface area contributed by atoms with Crippen molar-refractivity contribution in [3.05, 3.63) is 71.8 Å². The van der Waals surface area contributed by atoms with Gasteiger partial charge in [-0.2, -0.15) is 5.10 Å². The maximum Gasteiger partial charge on any atom is 0.140 e. The molecule has 3 aromatic heterocycles. The second kappa shape index (κ2) is 6.27. The molecule has 0 spiro atoms. The average Bonchev–Trinajstić information content (AvgIpc) is 3.38. The number of hydrogen-bond donors (Lipinski definition) is 1. The van der Waals surface area contributed by atoms with Crippen LogP contribution in [0.25, 0.3) is 16.9 Å². The van der Waals surface area contributed by atoms with Gasteiger partial charge in [-0.1, -0.05) is 18.2 Å². The molecule has 4 heterocycles. The molecule has 27 heavy (non-hydrogen) atoms. The Bertz CT molecular complexity index is 1100. The molecule has 5 heteroatoms. The lowest BCUT2D eigenvalue weighted by Crippen LogP contribution is -2.08. The van der Waals surface area contributed by atoms with Gasteiger partial charge in [0.15, 0.2) is 0 Å². The van der Waals surface area contributed by atoms with Gasteiger partial charge in [-0.05, 0) is 50.5 Å². The zero-order valence-electron chi connectivity index (χ0n) is 15.7. The normalized spacial score (nSPS) is 14.4. The zero-order valence-corrected chi connectivity index (χ0v) is 15.7. The average molecular weight is 357 g/mol.